The molecule has 0 saturated heterocycles. The zero-order chi connectivity index (χ0) is 20.5. The lowest BCUT2D eigenvalue weighted by Gasteiger charge is -2.14. The van der Waals surface area contributed by atoms with Crippen molar-refractivity contribution in [2.75, 3.05) is 23.8 Å². The van der Waals surface area contributed by atoms with E-state index in [0.717, 1.165) is 18.7 Å². The molecule has 3 rings (SSSR count). The molecule has 0 radical (unpaired) electrons. The third-order valence-corrected chi connectivity index (χ3v) is 4.83. The number of hydrogen-bond acceptors (Lipinski definition) is 5. The molecule has 2 aromatic rings. The van der Waals surface area contributed by atoms with Crippen molar-refractivity contribution in [3.8, 4) is 0 Å². The van der Waals surface area contributed by atoms with Crippen molar-refractivity contribution in [1.29, 1.82) is 0 Å². The fraction of sp³-hybridized carbons (Fsp3) is 0.348. The van der Waals surface area contributed by atoms with Crippen LogP contribution in [0.3, 0.4) is 0 Å². The van der Waals surface area contributed by atoms with E-state index in [2.05, 4.69) is 21.7 Å². The number of carbonyl (C=O) groups is 2. The lowest BCUT2D eigenvalue weighted by Crippen LogP contribution is -2.16. The number of allylic oxidation sites excluding steroid dienone is 1. The molecule has 2 N–H and O–H groups in total. The van der Waals surface area contributed by atoms with E-state index in [1.807, 2.05) is 0 Å². The summed E-state index contributed by atoms with van der Waals surface area (Å²) in [5.74, 6) is -0.790. The monoisotopic (exact) mass is 393 g/mol. The predicted octanol–water partition coefficient (Wildman–Crippen LogP) is 4.81. The minimum Gasteiger partial charge on any atom is -0.462 e. The van der Waals surface area contributed by atoms with E-state index in [1.54, 1.807) is 43.5 Å². The van der Waals surface area contributed by atoms with Gasteiger partial charge in [0.05, 0.1) is 29.1 Å². The molecule has 29 heavy (non-hydrogen) atoms. The minimum absolute atomic E-state index is 0.273. The molecule has 0 unspecified atom stereocenters. The van der Waals surface area contributed by atoms with E-state index in [4.69, 9.17) is 4.74 Å². The first-order valence-corrected chi connectivity index (χ1v) is 10.1. The van der Waals surface area contributed by atoms with Gasteiger partial charge in [0.15, 0.2) is 0 Å². The van der Waals surface area contributed by atoms with Gasteiger partial charge in [0.25, 0.3) is 5.91 Å². The molecule has 0 bridgehead atoms. The smallest absolute Gasteiger partial charge is 0.340 e. The van der Waals surface area contributed by atoms with Crippen molar-refractivity contribution in [3.05, 3.63) is 65.5 Å². The number of pyridine rings is 1. The molecule has 0 spiro atoms. The van der Waals surface area contributed by atoms with Crippen LogP contribution in [0.4, 0.5) is 11.4 Å². The first-order chi connectivity index (χ1) is 14.2. The first-order valence-electron chi connectivity index (χ1n) is 10.1. The molecule has 6 nitrogen and oxygen atoms in total. The van der Waals surface area contributed by atoms with Crippen molar-refractivity contribution in [3.63, 3.8) is 0 Å². The predicted molar refractivity (Wildman–Crippen MR) is 114 cm³/mol. The standard InChI is InChI=1S/C23H27N3O3/c1-2-29-23(28)20-10-6-7-11-21(20)26-22(27)18-14-19(16-24-15-18)25-13-12-17-8-4-3-5-9-17/h6-8,10-11,14-16,25H,2-5,9,12-13H2,1H3,(H,26,27). The second-order valence-corrected chi connectivity index (χ2v) is 6.97. The Kier molecular flexibility index (Phi) is 7.39. The maximum Gasteiger partial charge on any atom is 0.340 e. The lowest BCUT2D eigenvalue weighted by molar-refractivity contribution is 0.0527. The topological polar surface area (TPSA) is 80.3 Å². The Morgan fingerprint density at radius 1 is 1.17 bits per heavy atom. The molecular formula is C23H27N3O3. The Bertz CT molecular complexity index is 892. The van der Waals surface area contributed by atoms with Gasteiger partial charge in [-0.3, -0.25) is 9.78 Å². The molecule has 0 saturated carbocycles. The number of anilines is 2. The van der Waals surface area contributed by atoms with E-state index >= 15 is 0 Å². The third kappa shape index (κ3) is 5.91. The summed E-state index contributed by atoms with van der Waals surface area (Å²) >= 11 is 0. The van der Waals surface area contributed by atoms with Crippen LogP contribution < -0.4 is 10.6 Å². The summed E-state index contributed by atoms with van der Waals surface area (Å²) in [7, 11) is 0. The highest BCUT2D eigenvalue weighted by molar-refractivity contribution is 6.08. The van der Waals surface area contributed by atoms with Crippen LogP contribution in [0.1, 0.15) is 59.7 Å². The van der Waals surface area contributed by atoms with E-state index in [-0.39, 0.29) is 12.5 Å². The summed E-state index contributed by atoms with van der Waals surface area (Å²) in [6, 6.07) is 8.57. The van der Waals surface area contributed by atoms with E-state index in [1.165, 1.54) is 37.5 Å². The number of rotatable bonds is 8. The lowest BCUT2D eigenvalue weighted by atomic mass is 9.97. The number of benzene rings is 1. The summed E-state index contributed by atoms with van der Waals surface area (Å²) in [6.45, 7) is 2.83. The molecule has 0 fully saturated rings. The van der Waals surface area contributed by atoms with Gasteiger partial charge in [-0.15, -0.1) is 0 Å². The molecule has 1 heterocycles. The minimum atomic E-state index is -0.464. The fourth-order valence-electron chi connectivity index (χ4n) is 3.33. The highest BCUT2D eigenvalue weighted by Gasteiger charge is 2.15. The van der Waals surface area contributed by atoms with Crippen molar-refractivity contribution in [2.24, 2.45) is 0 Å². The Morgan fingerprint density at radius 2 is 2.03 bits per heavy atom. The largest absolute Gasteiger partial charge is 0.462 e. The van der Waals surface area contributed by atoms with Gasteiger partial charge < -0.3 is 15.4 Å². The van der Waals surface area contributed by atoms with Crippen LogP contribution in [0, 0.1) is 0 Å². The number of amides is 1. The molecule has 1 aliphatic rings. The van der Waals surface area contributed by atoms with E-state index in [0.29, 0.717) is 16.8 Å². The van der Waals surface area contributed by atoms with Gasteiger partial charge >= 0.3 is 5.97 Å². The number of nitrogens with one attached hydrogen (secondary N) is 2. The average molecular weight is 393 g/mol. The molecule has 1 aromatic carbocycles. The van der Waals surface area contributed by atoms with Crippen LogP contribution in [0.5, 0.6) is 0 Å². The normalized spacial score (nSPS) is 13.3. The number of para-hydroxylation sites is 1. The van der Waals surface area contributed by atoms with E-state index < -0.39 is 5.97 Å². The number of ether oxygens (including phenoxy) is 1. The second-order valence-electron chi connectivity index (χ2n) is 6.97. The van der Waals surface area contributed by atoms with Gasteiger partial charge in [0, 0.05) is 18.9 Å². The SMILES string of the molecule is CCOC(=O)c1ccccc1NC(=O)c1cncc(NCCC2=CCCCC2)c1. The highest BCUT2D eigenvalue weighted by atomic mass is 16.5. The maximum atomic E-state index is 12.7. The van der Waals surface area contributed by atoms with E-state index in [9.17, 15) is 9.59 Å². The molecule has 1 aromatic heterocycles. The average Bonchev–Trinajstić information content (AvgIpc) is 2.75. The molecule has 6 heteroatoms. The van der Waals surface area contributed by atoms with Gasteiger partial charge in [-0.25, -0.2) is 4.79 Å². The summed E-state index contributed by atoms with van der Waals surface area (Å²) in [6.07, 6.45) is 11.5. The number of aromatic nitrogens is 1. The molecule has 1 aliphatic carbocycles. The molecule has 0 aliphatic heterocycles. The Balaban J connectivity index is 1.62. The number of hydrogen-bond donors (Lipinski definition) is 2. The van der Waals surface area contributed by atoms with Gasteiger partial charge in [0.1, 0.15) is 0 Å². The number of esters is 1. The van der Waals surface area contributed by atoms with Gasteiger partial charge in [-0.2, -0.15) is 0 Å². The number of carbonyl (C=O) groups excluding carboxylic acids is 2. The Labute approximate surface area is 171 Å². The van der Waals surface area contributed by atoms with Crippen molar-refractivity contribution < 1.29 is 14.3 Å². The Morgan fingerprint density at radius 3 is 2.83 bits per heavy atom. The zero-order valence-electron chi connectivity index (χ0n) is 16.7. The van der Waals surface area contributed by atoms with Crippen molar-refractivity contribution in [1.82, 2.24) is 4.98 Å². The summed E-state index contributed by atoms with van der Waals surface area (Å²) in [5.41, 5.74) is 3.46. The molecular weight excluding hydrogens is 366 g/mol. The summed E-state index contributed by atoms with van der Waals surface area (Å²) < 4.78 is 5.05. The molecule has 152 valence electrons. The zero-order valence-corrected chi connectivity index (χ0v) is 16.7. The quantitative estimate of drug-likeness (QED) is 0.497. The summed E-state index contributed by atoms with van der Waals surface area (Å²) in [4.78, 5) is 28.9. The number of nitrogens with zero attached hydrogens (tertiary/aromatic N) is 1. The van der Waals surface area contributed by atoms with Crippen molar-refractivity contribution >= 4 is 23.3 Å². The van der Waals surface area contributed by atoms with Crippen LogP contribution in [-0.2, 0) is 4.74 Å². The van der Waals surface area contributed by atoms with Gasteiger partial charge in [-0.05, 0) is 57.2 Å². The Hall–Kier alpha value is -3.15. The third-order valence-electron chi connectivity index (χ3n) is 4.83. The van der Waals surface area contributed by atoms with Crippen LogP contribution in [-0.4, -0.2) is 30.0 Å². The summed E-state index contributed by atoms with van der Waals surface area (Å²) in [5, 5.41) is 6.12. The van der Waals surface area contributed by atoms with Crippen LogP contribution in [0.2, 0.25) is 0 Å². The van der Waals surface area contributed by atoms with Crippen LogP contribution in [0.25, 0.3) is 0 Å². The maximum absolute atomic E-state index is 12.7. The fourth-order valence-corrected chi connectivity index (χ4v) is 3.33. The van der Waals surface area contributed by atoms with Crippen LogP contribution in [0.15, 0.2) is 54.4 Å². The molecule has 0 atom stereocenters. The molecule has 1 amide bonds. The van der Waals surface area contributed by atoms with Crippen molar-refractivity contribution in [2.45, 2.75) is 39.0 Å². The van der Waals surface area contributed by atoms with Crippen LogP contribution >= 0.6 is 0 Å². The first kappa shape index (κ1) is 20.6. The highest BCUT2D eigenvalue weighted by Crippen LogP contribution is 2.21. The van der Waals surface area contributed by atoms with Gasteiger partial charge in [-0.1, -0.05) is 23.8 Å². The second kappa shape index (κ2) is 10.4. The van der Waals surface area contributed by atoms with Gasteiger partial charge in [0.2, 0.25) is 0 Å².